The molecule has 1 heterocycles. The molecule has 0 atom stereocenters. The number of amidine groups is 1. The lowest BCUT2D eigenvalue weighted by atomic mass is 10.2. The molecule has 0 bridgehead atoms. The van der Waals surface area contributed by atoms with Crippen molar-refractivity contribution in [1.82, 2.24) is 10.5 Å². The highest BCUT2D eigenvalue weighted by Crippen LogP contribution is 2.30. The van der Waals surface area contributed by atoms with E-state index in [1.165, 1.54) is 18.9 Å². The largest absolute Gasteiger partial charge is 0.487 e. The first kappa shape index (κ1) is 19.6. The van der Waals surface area contributed by atoms with Crippen LogP contribution in [0.1, 0.15) is 21.8 Å². The number of aromatic nitrogens is 1. The molecule has 0 aliphatic carbocycles. The Labute approximate surface area is 159 Å². The van der Waals surface area contributed by atoms with E-state index in [0.29, 0.717) is 33.0 Å². The molecule has 10 heteroatoms. The number of ether oxygens (including phenoxy) is 2. The fourth-order valence-corrected chi connectivity index (χ4v) is 2.51. The van der Waals surface area contributed by atoms with Gasteiger partial charge in [-0.3, -0.25) is 5.32 Å². The van der Waals surface area contributed by atoms with Crippen molar-refractivity contribution in [2.45, 2.75) is 13.5 Å². The topological polar surface area (TPSA) is 110 Å². The molecule has 0 fully saturated rings. The average Bonchev–Trinajstić information content (AvgIpc) is 3.00. The van der Waals surface area contributed by atoms with Crippen molar-refractivity contribution < 1.29 is 18.8 Å². The summed E-state index contributed by atoms with van der Waals surface area (Å²) in [5.74, 6) is 0.252. The number of benzene rings is 1. The van der Waals surface area contributed by atoms with Gasteiger partial charge in [0, 0.05) is 0 Å². The molecule has 1 aromatic heterocycles. The maximum absolute atomic E-state index is 11.7. The smallest absolute Gasteiger partial charge is 0.360 e. The number of carbonyl (C=O) groups excluding carboxylic acids is 1. The second kappa shape index (κ2) is 9.12. The molecule has 26 heavy (non-hydrogen) atoms. The molecule has 0 saturated heterocycles. The maximum atomic E-state index is 11.7. The van der Waals surface area contributed by atoms with Crippen molar-refractivity contribution >= 4 is 40.2 Å². The summed E-state index contributed by atoms with van der Waals surface area (Å²) >= 11 is 7.52. The Morgan fingerprint density at radius 2 is 2.31 bits per heavy atom. The highest BCUT2D eigenvalue weighted by atomic mass is 35.5. The first-order valence-corrected chi connectivity index (χ1v) is 8.84. The van der Waals surface area contributed by atoms with Crippen LogP contribution in [0, 0.1) is 18.4 Å². The van der Waals surface area contributed by atoms with Gasteiger partial charge in [-0.25, -0.2) is 9.79 Å². The summed E-state index contributed by atoms with van der Waals surface area (Å²) in [6.07, 6.45) is 3.61. The Bertz CT molecular complexity index is 876. The molecule has 136 valence electrons. The molecule has 8 nitrogen and oxygen atoms in total. The van der Waals surface area contributed by atoms with Gasteiger partial charge in [0.05, 0.1) is 23.4 Å². The number of aliphatic imine (C=N–C) groups is 1. The molecule has 1 N–H and O–H groups in total. The first-order chi connectivity index (χ1) is 12.5. The van der Waals surface area contributed by atoms with Crippen LogP contribution in [0.3, 0.4) is 0 Å². The average molecular weight is 395 g/mol. The highest BCUT2D eigenvalue weighted by Gasteiger charge is 2.21. The summed E-state index contributed by atoms with van der Waals surface area (Å²) in [4.78, 5) is 15.9. The standard InChI is InChI=1S/C16H15ClN4O4S/c1-9-11(14(21-25-9)15(22)23-2)7-24-13-5-4-10(6-12(13)17)20-16(26-3)19-8-18/h4-6H,7H2,1-3H3,(H,19,20). The fourth-order valence-electron chi connectivity index (χ4n) is 1.93. The fraction of sp³-hybridized carbons (Fsp3) is 0.250. The molecule has 2 aromatic rings. The number of halogens is 1. The number of methoxy groups -OCH3 is 1. The number of rotatable bonds is 5. The van der Waals surface area contributed by atoms with E-state index in [1.54, 1.807) is 31.4 Å². The van der Waals surface area contributed by atoms with Crippen molar-refractivity contribution in [3.8, 4) is 11.9 Å². The van der Waals surface area contributed by atoms with Crippen LogP contribution in [0.5, 0.6) is 5.75 Å². The summed E-state index contributed by atoms with van der Waals surface area (Å²) in [6.45, 7) is 1.71. The van der Waals surface area contributed by atoms with Gasteiger partial charge in [-0.05, 0) is 31.4 Å². The summed E-state index contributed by atoms with van der Waals surface area (Å²) < 4.78 is 15.3. The van der Waals surface area contributed by atoms with E-state index in [9.17, 15) is 4.79 Å². The van der Waals surface area contributed by atoms with Crippen LogP contribution >= 0.6 is 23.4 Å². The van der Waals surface area contributed by atoms with Gasteiger partial charge in [-0.1, -0.05) is 28.5 Å². The molecule has 0 aliphatic rings. The number of aryl methyl sites for hydroxylation is 1. The van der Waals surface area contributed by atoms with Gasteiger partial charge in [0.1, 0.15) is 18.1 Å². The van der Waals surface area contributed by atoms with E-state index in [1.807, 2.05) is 6.19 Å². The Morgan fingerprint density at radius 1 is 1.54 bits per heavy atom. The summed E-state index contributed by atoms with van der Waals surface area (Å²) in [5, 5.41) is 15.6. The molecule has 0 aliphatic heterocycles. The summed E-state index contributed by atoms with van der Waals surface area (Å²) in [5.41, 5.74) is 1.11. The number of carbonyl (C=O) groups is 1. The lowest BCUT2D eigenvalue weighted by molar-refractivity contribution is 0.0586. The van der Waals surface area contributed by atoms with Gasteiger partial charge in [0.15, 0.2) is 17.1 Å². The minimum absolute atomic E-state index is 0.0359. The van der Waals surface area contributed by atoms with Crippen LogP contribution in [0.2, 0.25) is 5.02 Å². The zero-order valence-corrected chi connectivity index (χ0v) is 15.8. The Balaban J connectivity index is 2.16. The van der Waals surface area contributed by atoms with Gasteiger partial charge >= 0.3 is 5.97 Å². The predicted octanol–water partition coefficient (Wildman–Crippen LogP) is 3.42. The van der Waals surface area contributed by atoms with E-state index in [0.717, 1.165) is 0 Å². The molecular formula is C16H15ClN4O4S. The van der Waals surface area contributed by atoms with Crippen LogP contribution in [0.4, 0.5) is 5.69 Å². The molecule has 0 amide bonds. The molecule has 0 spiro atoms. The molecule has 2 rings (SSSR count). The number of nitrogens with zero attached hydrogens (tertiary/aromatic N) is 3. The van der Waals surface area contributed by atoms with E-state index in [-0.39, 0.29) is 12.3 Å². The monoisotopic (exact) mass is 394 g/mol. The first-order valence-electron chi connectivity index (χ1n) is 7.23. The number of hydrogen-bond acceptors (Lipinski definition) is 8. The number of esters is 1. The molecule has 0 unspecified atom stereocenters. The van der Waals surface area contributed by atoms with Crippen molar-refractivity contribution in [2.24, 2.45) is 4.99 Å². The third-order valence-electron chi connectivity index (χ3n) is 3.24. The number of nitriles is 1. The third-order valence-corrected chi connectivity index (χ3v) is 4.11. The summed E-state index contributed by atoms with van der Waals surface area (Å²) in [7, 11) is 1.26. The van der Waals surface area contributed by atoms with E-state index < -0.39 is 5.97 Å². The minimum Gasteiger partial charge on any atom is -0.487 e. The van der Waals surface area contributed by atoms with E-state index >= 15 is 0 Å². The highest BCUT2D eigenvalue weighted by molar-refractivity contribution is 8.13. The Hall–Kier alpha value is -2.70. The number of thioether (sulfide) groups is 1. The van der Waals surface area contributed by atoms with Crippen LogP contribution in [-0.4, -0.2) is 29.7 Å². The van der Waals surface area contributed by atoms with Crippen LogP contribution in [0.15, 0.2) is 27.7 Å². The normalized spacial score (nSPS) is 11.0. The second-order valence-electron chi connectivity index (χ2n) is 4.82. The Kier molecular flexibility index (Phi) is 6.89. The Morgan fingerprint density at radius 3 is 2.92 bits per heavy atom. The van der Waals surface area contributed by atoms with Crippen LogP contribution in [-0.2, 0) is 11.3 Å². The minimum atomic E-state index is -0.606. The third kappa shape index (κ3) is 4.68. The second-order valence-corrected chi connectivity index (χ2v) is 6.02. The zero-order valence-electron chi connectivity index (χ0n) is 14.2. The number of hydrogen-bond donors (Lipinski definition) is 1. The SMILES string of the molecule is COC(=O)c1noc(C)c1COc1ccc(N=C(NC#N)SC)cc1Cl. The van der Waals surface area contributed by atoms with Crippen molar-refractivity contribution in [1.29, 1.82) is 5.26 Å². The van der Waals surface area contributed by atoms with Gasteiger partial charge < -0.3 is 14.0 Å². The quantitative estimate of drug-likeness (QED) is 0.270. The van der Waals surface area contributed by atoms with Crippen molar-refractivity contribution in [3.63, 3.8) is 0 Å². The molecule has 0 saturated carbocycles. The zero-order chi connectivity index (χ0) is 19.1. The van der Waals surface area contributed by atoms with E-state index in [4.69, 9.17) is 26.1 Å². The molecule has 1 aromatic carbocycles. The van der Waals surface area contributed by atoms with Crippen molar-refractivity contribution in [3.05, 3.63) is 40.2 Å². The lowest BCUT2D eigenvalue weighted by Crippen LogP contribution is -2.12. The lowest BCUT2D eigenvalue weighted by Gasteiger charge is -2.09. The van der Waals surface area contributed by atoms with Crippen LogP contribution in [0.25, 0.3) is 0 Å². The van der Waals surface area contributed by atoms with E-state index in [2.05, 4.69) is 20.2 Å². The molecule has 0 radical (unpaired) electrons. The number of nitrogens with one attached hydrogen (secondary N) is 1. The maximum Gasteiger partial charge on any atom is 0.360 e. The van der Waals surface area contributed by atoms with Crippen molar-refractivity contribution in [2.75, 3.05) is 13.4 Å². The molecular weight excluding hydrogens is 380 g/mol. The predicted molar refractivity (Wildman–Crippen MR) is 97.7 cm³/mol. The van der Waals surface area contributed by atoms with Gasteiger partial charge in [-0.2, -0.15) is 5.26 Å². The van der Waals surface area contributed by atoms with Gasteiger partial charge in [0.2, 0.25) is 0 Å². The van der Waals surface area contributed by atoms with Crippen LogP contribution < -0.4 is 10.1 Å². The summed E-state index contributed by atoms with van der Waals surface area (Å²) in [6, 6.07) is 4.94. The van der Waals surface area contributed by atoms with Gasteiger partial charge in [-0.15, -0.1) is 0 Å². The van der Waals surface area contributed by atoms with Gasteiger partial charge in [0.25, 0.3) is 0 Å².